The van der Waals surface area contributed by atoms with E-state index in [9.17, 15) is 0 Å². The molecule has 4 heteroatoms. The van der Waals surface area contributed by atoms with E-state index in [0.717, 1.165) is 0 Å². The minimum Gasteiger partial charge on any atom is -0.127 e. The maximum Gasteiger partial charge on any atom is 0.134 e. The lowest BCUT2D eigenvalue weighted by atomic mass is 10.2. The maximum atomic E-state index is 5.82. The highest BCUT2D eigenvalue weighted by molar-refractivity contribution is 6.52. The molecule has 0 radical (unpaired) electrons. The van der Waals surface area contributed by atoms with Crippen LogP contribution in [0.25, 0.3) is 0 Å². The summed E-state index contributed by atoms with van der Waals surface area (Å²) in [5.74, 6) is 0.495. The van der Waals surface area contributed by atoms with Crippen molar-refractivity contribution in [3.8, 4) is 0 Å². The van der Waals surface area contributed by atoms with E-state index in [1.54, 1.807) is 0 Å². The van der Waals surface area contributed by atoms with Gasteiger partial charge in [-0.2, -0.15) is 0 Å². The summed E-state index contributed by atoms with van der Waals surface area (Å²) in [5.41, 5.74) is 0. The van der Waals surface area contributed by atoms with Crippen LogP contribution in [0.3, 0.4) is 0 Å². The minimum atomic E-state index is -0.823. The van der Waals surface area contributed by atoms with Gasteiger partial charge in [-0.15, -0.1) is 46.4 Å². The molecule has 10 heavy (non-hydrogen) atoms. The van der Waals surface area contributed by atoms with E-state index in [0.29, 0.717) is 18.7 Å². The van der Waals surface area contributed by atoms with Gasteiger partial charge in [0.1, 0.15) is 4.33 Å². The topological polar surface area (TPSA) is 0 Å². The van der Waals surface area contributed by atoms with Gasteiger partial charge in [-0.3, -0.25) is 0 Å². The van der Waals surface area contributed by atoms with Crippen molar-refractivity contribution in [2.24, 2.45) is 0 Å². The van der Waals surface area contributed by atoms with Crippen LogP contribution < -0.4 is 0 Å². The van der Waals surface area contributed by atoms with Gasteiger partial charge in [-0.25, -0.2) is 0 Å². The van der Waals surface area contributed by atoms with Crippen LogP contribution >= 0.6 is 46.4 Å². The summed E-state index contributed by atoms with van der Waals surface area (Å²) in [6, 6.07) is 0. The predicted octanol–water partition coefficient (Wildman–Crippen LogP) is 3.81. The van der Waals surface area contributed by atoms with E-state index in [-0.39, 0.29) is 5.38 Å². The second-order valence-corrected chi connectivity index (χ2v) is 4.51. The molecule has 0 saturated carbocycles. The lowest BCUT2D eigenvalue weighted by molar-refractivity contribution is 0.668. The van der Waals surface area contributed by atoms with Crippen LogP contribution in [-0.2, 0) is 0 Å². The van der Waals surface area contributed by atoms with Crippen molar-refractivity contribution in [2.75, 3.05) is 5.88 Å². The standard InChI is InChI=1S/C6H10Cl4/c1-2-6(9,10)5(8)3-4-7/h5H,2-4H2,1H3. The first kappa shape index (κ1) is 11.2. The van der Waals surface area contributed by atoms with Crippen molar-refractivity contribution in [1.29, 1.82) is 0 Å². The Labute approximate surface area is 81.8 Å². The van der Waals surface area contributed by atoms with Gasteiger partial charge >= 0.3 is 0 Å². The van der Waals surface area contributed by atoms with Gasteiger partial charge < -0.3 is 0 Å². The summed E-state index contributed by atoms with van der Waals surface area (Å²) in [6.07, 6.45) is 1.28. The van der Waals surface area contributed by atoms with Gasteiger partial charge in [0.25, 0.3) is 0 Å². The molecule has 0 aromatic carbocycles. The van der Waals surface area contributed by atoms with Crippen LogP contribution in [0.4, 0.5) is 0 Å². The number of halogens is 4. The van der Waals surface area contributed by atoms with Gasteiger partial charge in [0.2, 0.25) is 0 Å². The molecule has 0 aromatic heterocycles. The molecular formula is C6H10Cl4. The molecule has 1 atom stereocenters. The van der Waals surface area contributed by atoms with Gasteiger partial charge in [0.15, 0.2) is 0 Å². The zero-order valence-electron chi connectivity index (χ0n) is 5.71. The first-order valence-electron chi connectivity index (χ1n) is 3.12. The monoisotopic (exact) mass is 222 g/mol. The Kier molecular flexibility index (Phi) is 5.49. The molecule has 0 aromatic rings. The van der Waals surface area contributed by atoms with Crippen molar-refractivity contribution in [3.05, 3.63) is 0 Å². The first-order chi connectivity index (χ1) is 4.54. The van der Waals surface area contributed by atoms with E-state index in [4.69, 9.17) is 46.4 Å². The fourth-order valence-electron chi connectivity index (χ4n) is 0.528. The number of hydrogen-bond donors (Lipinski definition) is 0. The lowest BCUT2D eigenvalue weighted by Gasteiger charge is -2.22. The summed E-state index contributed by atoms with van der Waals surface area (Å²) < 4.78 is -0.823. The highest BCUT2D eigenvalue weighted by Crippen LogP contribution is 2.34. The Balaban J connectivity index is 3.78. The van der Waals surface area contributed by atoms with E-state index in [2.05, 4.69) is 0 Å². The van der Waals surface area contributed by atoms with Crippen LogP contribution in [0.5, 0.6) is 0 Å². The molecule has 0 spiro atoms. The molecule has 0 heterocycles. The maximum absolute atomic E-state index is 5.82. The zero-order chi connectivity index (χ0) is 8.20. The molecule has 0 bridgehead atoms. The van der Waals surface area contributed by atoms with Gasteiger partial charge in [-0.05, 0) is 12.8 Å². The van der Waals surface area contributed by atoms with Gasteiger partial charge in [0, 0.05) is 5.88 Å². The summed E-state index contributed by atoms with van der Waals surface area (Å²) in [6.45, 7) is 1.89. The summed E-state index contributed by atoms with van der Waals surface area (Å²) in [4.78, 5) is 0. The predicted molar refractivity (Wildman–Crippen MR) is 49.7 cm³/mol. The SMILES string of the molecule is CCC(Cl)(Cl)C(Cl)CCCl. The molecule has 0 N–H and O–H groups in total. The van der Waals surface area contributed by atoms with E-state index in [1.165, 1.54) is 0 Å². The number of alkyl halides is 4. The van der Waals surface area contributed by atoms with Crippen LogP contribution in [0.1, 0.15) is 19.8 Å². The fraction of sp³-hybridized carbons (Fsp3) is 1.00. The van der Waals surface area contributed by atoms with Gasteiger partial charge in [0.05, 0.1) is 5.38 Å². The molecular weight excluding hydrogens is 214 g/mol. The third-order valence-corrected chi connectivity index (χ3v) is 3.39. The Morgan fingerprint density at radius 1 is 1.40 bits per heavy atom. The Morgan fingerprint density at radius 3 is 2.20 bits per heavy atom. The molecule has 0 rings (SSSR count). The van der Waals surface area contributed by atoms with Crippen molar-refractivity contribution in [1.82, 2.24) is 0 Å². The summed E-state index contributed by atoms with van der Waals surface area (Å²) in [7, 11) is 0. The molecule has 0 nitrogen and oxygen atoms in total. The average molecular weight is 224 g/mol. The summed E-state index contributed by atoms with van der Waals surface area (Å²) in [5, 5.41) is -0.252. The Morgan fingerprint density at radius 2 is 1.90 bits per heavy atom. The highest BCUT2D eigenvalue weighted by Gasteiger charge is 2.30. The molecule has 0 amide bonds. The second-order valence-electron chi connectivity index (χ2n) is 2.06. The largest absolute Gasteiger partial charge is 0.134 e. The molecule has 0 aliphatic carbocycles. The number of rotatable bonds is 4. The van der Waals surface area contributed by atoms with Crippen molar-refractivity contribution in [2.45, 2.75) is 29.5 Å². The van der Waals surface area contributed by atoms with Crippen molar-refractivity contribution < 1.29 is 0 Å². The average Bonchev–Trinajstić information content (AvgIpc) is 1.89. The second kappa shape index (κ2) is 4.92. The molecule has 0 fully saturated rings. The molecule has 0 saturated heterocycles. The molecule has 1 unspecified atom stereocenters. The van der Waals surface area contributed by atoms with Crippen LogP contribution in [0.15, 0.2) is 0 Å². The van der Waals surface area contributed by atoms with Crippen molar-refractivity contribution in [3.63, 3.8) is 0 Å². The highest BCUT2D eigenvalue weighted by atomic mass is 35.5. The van der Waals surface area contributed by atoms with Gasteiger partial charge in [-0.1, -0.05) is 6.92 Å². The lowest BCUT2D eigenvalue weighted by Crippen LogP contribution is -2.25. The normalized spacial score (nSPS) is 15.3. The quantitative estimate of drug-likeness (QED) is 0.637. The fourth-order valence-corrected chi connectivity index (χ4v) is 1.34. The molecule has 0 aliphatic heterocycles. The third-order valence-electron chi connectivity index (χ3n) is 1.29. The Hall–Kier alpha value is 1.16. The minimum absolute atomic E-state index is 0.252. The van der Waals surface area contributed by atoms with Crippen molar-refractivity contribution >= 4 is 46.4 Å². The van der Waals surface area contributed by atoms with Crippen LogP contribution in [0.2, 0.25) is 0 Å². The summed E-state index contributed by atoms with van der Waals surface area (Å²) >= 11 is 22.9. The number of hydrogen-bond acceptors (Lipinski definition) is 0. The first-order valence-corrected chi connectivity index (χ1v) is 4.85. The third kappa shape index (κ3) is 3.52. The van der Waals surface area contributed by atoms with E-state index >= 15 is 0 Å². The van der Waals surface area contributed by atoms with E-state index in [1.807, 2.05) is 6.92 Å². The molecule has 62 valence electrons. The smallest absolute Gasteiger partial charge is 0.127 e. The van der Waals surface area contributed by atoms with E-state index < -0.39 is 4.33 Å². The zero-order valence-corrected chi connectivity index (χ0v) is 8.73. The molecule has 0 aliphatic rings. The van der Waals surface area contributed by atoms with Crippen LogP contribution in [-0.4, -0.2) is 15.6 Å². The van der Waals surface area contributed by atoms with Crippen LogP contribution in [0, 0.1) is 0 Å². The Bertz CT molecular complexity index is 91.7.